The van der Waals surface area contributed by atoms with Crippen LogP contribution in [0.25, 0.3) is 16.9 Å². The number of rotatable bonds is 4. The van der Waals surface area contributed by atoms with Crippen molar-refractivity contribution in [2.45, 2.75) is 6.92 Å². The Morgan fingerprint density at radius 1 is 1.13 bits per heavy atom. The molecule has 0 atom stereocenters. The smallest absolute Gasteiger partial charge is 0.358 e. The van der Waals surface area contributed by atoms with Gasteiger partial charge in [0.2, 0.25) is 0 Å². The van der Waals surface area contributed by atoms with E-state index in [1.807, 2.05) is 54.6 Å². The summed E-state index contributed by atoms with van der Waals surface area (Å²) in [5.74, 6) is -0.433. The van der Waals surface area contributed by atoms with Crippen LogP contribution >= 0.6 is 11.6 Å². The van der Waals surface area contributed by atoms with Crippen LogP contribution in [0.4, 0.5) is 0 Å². The second-order valence-corrected chi connectivity index (χ2v) is 5.33. The van der Waals surface area contributed by atoms with Gasteiger partial charge in [0.05, 0.1) is 18.0 Å². The fraction of sp³-hybridized carbons (Fsp3) is 0.111. The van der Waals surface area contributed by atoms with Gasteiger partial charge in [-0.1, -0.05) is 41.9 Å². The first-order valence-corrected chi connectivity index (χ1v) is 7.65. The Labute approximate surface area is 139 Å². The van der Waals surface area contributed by atoms with Crippen molar-refractivity contribution in [3.63, 3.8) is 0 Å². The highest BCUT2D eigenvalue weighted by atomic mass is 35.5. The zero-order valence-electron chi connectivity index (χ0n) is 12.6. The van der Waals surface area contributed by atoms with Crippen molar-refractivity contribution in [1.29, 1.82) is 0 Å². The standard InChI is InChI=1S/C18H15ClN2O2/c1-2-23-18(22)16-12-17(13-8-10-14(19)11-9-13)21(20-16)15-6-4-3-5-7-15/h3-12H,2H2,1H3. The fourth-order valence-electron chi connectivity index (χ4n) is 2.28. The second-order valence-electron chi connectivity index (χ2n) is 4.89. The Hall–Kier alpha value is -2.59. The maximum absolute atomic E-state index is 12.0. The van der Waals surface area contributed by atoms with Crippen molar-refractivity contribution in [1.82, 2.24) is 9.78 Å². The van der Waals surface area contributed by atoms with Crippen molar-refractivity contribution in [2.24, 2.45) is 0 Å². The van der Waals surface area contributed by atoms with E-state index in [0.717, 1.165) is 16.9 Å². The molecule has 0 spiro atoms. The summed E-state index contributed by atoms with van der Waals surface area (Å²) in [7, 11) is 0. The molecule has 2 aromatic carbocycles. The maximum Gasteiger partial charge on any atom is 0.358 e. The summed E-state index contributed by atoms with van der Waals surface area (Å²) in [6.45, 7) is 2.08. The lowest BCUT2D eigenvalue weighted by Gasteiger charge is -2.07. The Morgan fingerprint density at radius 2 is 1.83 bits per heavy atom. The van der Waals surface area contributed by atoms with E-state index in [-0.39, 0.29) is 5.69 Å². The minimum absolute atomic E-state index is 0.278. The summed E-state index contributed by atoms with van der Waals surface area (Å²) in [6, 6.07) is 18.8. The fourth-order valence-corrected chi connectivity index (χ4v) is 2.40. The predicted molar refractivity (Wildman–Crippen MR) is 90.0 cm³/mol. The van der Waals surface area contributed by atoms with E-state index in [9.17, 15) is 4.79 Å². The molecule has 0 aliphatic rings. The average molecular weight is 327 g/mol. The molecule has 0 saturated carbocycles. The first-order valence-electron chi connectivity index (χ1n) is 7.27. The number of benzene rings is 2. The number of carbonyl (C=O) groups is 1. The van der Waals surface area contributed by atoms with Gasteiger partial charge >= 0.3 is 5.97 Å². The van der Waals surface area contributed by atoms with E-state index < -0.39 is 5.97 Å². The Bertz CT molecular complexity index is 811. The Balaban J connectivity index is 2.12. The predicted octanol–water partition coefficient (Wildman–Crippen LogP) is 4.37. The molecule has 0 bridgehead atoms. The number of hydrogen-bond donors (Lipinski definition) is 0. The van der Waals surface area contributed by atoms with Crippen LogP contribution in [0.15, 0.2) is 60.7 Å². The first kappa shape index (κ1) is 15.3. The molecule has 0 aliphatic heterocycles. The van der Waals surface area contributed by atoms with Crippen LogP contribution in [0.3, 0.4) is 0 Å². The number of hydrogen-bond acceptors (Lipinski definition) is 3. The van der Waals surface area contributed by atoms with Crippen LogP contribution in [0, 0.1) is 0 Å². The topological polar surface area (TPSA) is 44.1 Å². The molecule has 0 saturated heterocycles. The number of esters is 1. The van der Waals surface area contributed by atoms with Gasteiger partial charge in [-0.2, -0.15) is 5.10 Å². The monoisotopic (exact) mass is 326 g/mol. The van der Waals surface area contributed by atoms with E-state index in [4.69, 9.17) is 16.3 Å². The molecule has 0 amide bonds. The first-order chi connectivity index (χ1) is 11.2. The lowest BCUT2D eigenvalue weighted by atomic mass is 10.1. The summed E-state index contributed by atoms with van der Waals surface area (Å²) < 4.78 is 6.78. The van der Waals surface area contributed by atoms with E-state index in [1.54, 1.807) is 17.7 Å². The highest BCUT2D eigenvalue weighted by Gasteiger charge is 2.17. The lowest BCUT2D eigenvalue weighted by molar-refractivity contribution is 0.0519. The molecule has 1 heterocycles. The molecule has 0 N–H and O–H groups in total. The molecule has 1 aromatic heterocycles. The summed E-state index contributed by atoms with van der Waals surface area (Å²) in [4.78, 5) is 12.0. The highest BCUT2D eigenvalue weighted by Crippen LogP contribution is 2.25. The van der Waals surface area contributed by atoms with Crippen LogP contribution in [0.1, 0.15) is 17.4 Å². The van der Waals surface area contributed by atoms with Crippen molar-refractivity contribution >= 4 is 17.6 Å². The largest absolute Gasteiger partial charge is 0.461 e. The highest BCUT2D eigenvalue weighted by molar-refractivity contribution is 6.30. The number of nitrogens with zero attached hydrogens (tertiary/aromatic N) is 2. The molecule has 116 valence electrons. The van der Waals surface area contributed by atoms with Crippen LogP contribution in [0.5, 0.6) is 0 Å². The summed E-state index contributed by atoms with van der Waals surface area (Å²) in [6.07, 6.45) is 0. The molecule has 23 heavy (non-hydrogen) atoms. The van der Waals surface area contributed by atoms with Gasteiger partial charge < -0.3 is 4.74 Å². The summed E-state index contributed by atoms with van der Waals surface area (Å²) >= 11 is 5.96. The van der Waals surface area contributed by atoms with Crippen molar-refractivity contribution in [3.05, 3.63) is 71.4 Å². The van der Waals surface area contributed by atoms with Crippen LogP contribution in [-0.4, -0.2) is 22.4 Å². The number of ether oxygens (including phenoxy) is 1. The van der Waals surface area contributed by atoms with E-state index >= 15 is 0 Å². The van der Waals surface area contributed by atoms with Gasteiger partial charge in [0.15, 0.2) is 5.69 Å². The minimum Gasteiger partial charge on any atom is -0.461 e. The van der Waals surface area contributed by atoms with Gasteiger partial charge in [-0.05, 0) is 37.3 Å². The molecule has 0 fully saturated rings. The van der Waals surface area contributed by atoms with Crippen LogP contribution in [0.2, 0.25) is 5.02 Å². The molecule has 0 radical (unpaired) electrons. The minimum atomic E-state index is -0.433. The number of para-hydroxylation sites is 1. The molecule has 3 rings (SSSR count). The third kappa shape index (κ3) is 3.27. The average Bonchev–Trinajstić information content (AvgIpc) is 3.02. The molecule has 5 heteroatoms. The molecule has 0 aliphatic carbocycles. The maximum atomic E-state index is 12.0. The SMILES string of the molecule is CCOC(=O)c1cc(-c2ccc(Cl)cc2)n(-c2ccccc2)n1. The van der Waals surface area contributed by atoms with Crippen LogP contribution < -0.4 is 0 Å². The van der Waals surface area contributed by atoms with Gasteiger partial charge in [0.1, 0.15) is 0 Å². The molecule has 0 unspecified atom stereocenters. The van der Waals surface area contributed by atoms with Gasteiger partial charge in [-0.15, -0.1) is 0 Å². The number of carbonyl (C=O) groups excluding carboxylic acids is 1. The summed E-state index contributed by atoms with van der Waals surface area (Å²) in [5.41, 5.74) is 2.87. The molecular formula is C18H15ClN2O2. The normalized spacial score (nSPS) is 10.5. The zero-order valence-corrected chi connectivity index (χ0v) is 13.3. The van der Waals surface area contributed by atoms with Gasteiger partial charge in [0, 0.05) is 10.6 Å². The number of aromatic nitrogens is 2. The third-order valence-electron chi connectivity index (χ3n) is 3.33. The molecular weight excluding hydrogens is 312 g/mol. The van der Waals surface area contributed by atoms with Crippen LogP contribution in [-0.2, 0) is 4.74 Å². The van der Waals surface area contributed by atoms with Crippen molar-refractivity contribution < 1.29 is 9.53 Å². The van der Waals surface area contributed by atoms with Gasteiger partial charge in [0.25, 0.3) is 0 Å². The molecule has 3 aromatic rings. The van der Waals surface area contributed by atoms with E-state index in [1.165, 1.54) is 0 Å². The second kappa shape index (κ2) is 6.67. The van der Waals surface area contributed by atoms with E-state index in [2.05, 4.69) is 5.10 Å². The van der Waals surface area contributed by atoms with Crippen molar-refractivity contribution in [3.8, 4) is 16.9 Å². The molecule has 4 nitrogen and oxygen atoms in total. The van der Waals surface area contributed by atoms with Gasteiger partial charge in [-0.3, -0.25) is 0 Å². The Morgan fingerprint density at radius 3 is 2.48 bits per heavy atom. The number of halogens is 1. The zero-order chi connectivity index (χ0) is 16.2. The third-order valence-corrected chi connectivity index (χ3v) is 3.59. The Kier molecular flexibility index (Phi) is 4.44. The van der Waals surface area contributed by atoms with Gasteiger partial charge in [-0.25, -0.2) is 9.48 Å². The quantitative estimate of drug-likeness (QED) is 0.669. The van der Waals surface area contributed by atoms with E-state index in [0.29, 0.717) is 11.6 Å². The lowest BCUT2D eigenvalue weighted by Crippen LogP contribution is -2.06. The van der Waals surface area contributed by atoms with Crippen molar-refractivity contribution in [2.75, 3.05) is 6.61 Å². The summed E-state index contributed by atoms with van der Waals surface area (Å²) in [5, 5.41) is 5.06.